The number of hydrogen-bond donors (Lipinski definition) is 1. The van der Waals surface area contributed by atoms with Crippen molar-refractivity contribution < 1.29 is 14.3 Å². The summed E-state index contributed by atoms with van der Waals surface area (Å²) >= 11 is 4.21. The van der Waals surface area contributed by atoms with Gasteiger partial charge in [0.1, 0.15) is 0 Å². The Labute approximate surface area is 170 Å². The first-order valence-electron chi connectivity index (χ1n) is 10.5. The third kappa shape index (κ3) is 7.62. The second-order valence-electron chi connectivity index (χ2n) is 8.24. The molecule has 0 saturated carbocycles. The van der Waals surface area contributed by atoms with Crippen molar-refractivity contribution in [2.45, 2.75) is 51.9 Å². The Kier molecular flexibility index (Phi) is 9.39. The molecule has 7 heteroatoms. The molecule has 0 N–H and O–H groups in total. The Balaban J connectivity index is 1.65. The van der Waals surface area contributed by atoms with Gasteiger partial charge < -0.3 is 19.4 Å². The number of ether oxygens (including phenoxy) is 1. The number of carbonyl (C=O) groups excluding carboxylic acids is 2. The van der Waals surface area contributed by atoms with Crippen molar-refractivity contribution in [3.05, 3.63) is 0 Å². The third-order valence-electron chi connectivity index (χ3n) is 5.44. The van der Waals surface area contributed by atoms with Crippen LogP contribution in [-0.2, 0) is 14.3 Å². The molecule has 6 nitrogen and oxygen atoms in total. The van der Waals surface area contributed by atoms with Crippen LogP contribution in [0, 0.1) is 11.8 Å². The van der Waals surface area contributed by atoms with Gasteiger partial charge in [0.2, 0.25) is 11.8 Å². The van der Waals surface area contributed by atoms with E-state index in [-0.39, 0.29) is 23.2 Å². The Hall–Kier alpha value is -0.790. The van der Waals surface area contributed by atoms with E-state index in [1.54, 1.807) is 0 Å². The second-order valence-corrected chi connectivity index (χ2v) is 8.97. The number of thiol groups is 1. The first-order chi connectivity index (χ1) is 12.9. The highest BCUT2D eigenvalue weighted by molar-refractivity contribution is 7.80. The fraction of sp³-hybridized carbons (Fsp3) is 0.900. The highest BCUT2D eigenvalue weighted by atomic mass is 32.1. The smallest absolute Gasteiger partial charge is 0.225 e. The number of piperazine rings is 1. The molecule has 0 aromatic carbocycles. The lowest BCUT2D eigenvalue weighted by atomic mass is 9.95. The van der Waals surface area contributed by atoms with E-state index in [4.69, 9.17) is 4.74 Å². The molecular weight excluding hydrogens is 362 g/mol. The van der Waals surface area contributed by atoms with Gasteiger partial charge in [-0.1, -0.05) is 13.8 Å². The quantitative estimate of drug-likeness (QED) is 0.386. The number of piperidine rings is 1. The molecule has 2 aliphatic heterocycles. The van der Waals surface area contributed by atoms with Gasteiger partial charge in [0.05, 0.1) is 5.44 Å². The van der Waals surface area contributed by atoms with Crippen molar-refractivity contribution in [1.29, 1.82) is 0 Å². The van der Waals surface area contributed by atoms with Crippen molar-refractivity contribution in [1.82, 2.24) is 14.7 Å². The second kappa shape index (κ2) is 11.3. The van der Waals surface area contributed by atoms with E-state index < -0.39 is 0 Å². The van der Waals surface area contributed by atoms with E-state index in [0.29, 0.717) is 38.5 Å². The van der Waals surface area contributed by atoms with E-state index in [0.717, 1.165) is 45.5 Å². The molecule has 0 bridgehead atoms. The van der Waals surface area contributed by atoms with Crippen LogP contribution in [0.2, 0.25) is 0 Å². The molecule has 0 aromatic rings. The van der Waals surface area contributed by atoms with Gasteiger partial charge in [-0.05, 0) is 45.2 Å². The maximum atomic E-state index is 12.8. The van der Waals surface area contributed by atoms with Gasteiger partial charge in [-0.15, -0.1) is 12.6 Å². The largest absolute Gasteiger partial charge is 0.368 e. The first kappa shape index (κ1) is 22.5. The number of carbonyl (C=O) groups is 2. The predicted octanol–water partition coefficient (Wildman–Crippen LogP) is 2.10. The van der Waals surface area contributed by atoms with E-state index in [1.165, 1.54) is 0 Å². The fourth-order valence-corrected chi connectivity index (χ4v) is 3.96. The van der Waals surface area contributed by atoms with Crippen LogP contribution >= 0.6 is 12.6 Å². The normalized spacial score (nSPS) is 20.9. The molecule has 27 heavy (non-hydrogen) atoms. The summed E-state index contributed by atoms with van der Waals surface area (Å²) in [4.78, 5) is 31.3. The minimum Gasteiger partial charge on any atom is -0.368 e. The Morgan fingerprint density at radius 3 is 2.15 bits per heavy atom. The number of nitrogens with zero attached hydrogens (tertiary/aromatic N) is 3. The van der Waals surface area contributed by atoms with Gasteiger partial charge in [0.15, 0.2) is 0 Å². The van der Waals surface area contributed by atoms with Crippen molar-refractivity contribution in [2.24, 2.45) is 11.8 Å². The minimum atomic E-state index is -0.00510. The molecule has 1 unspecified atom stereocenters. The molecule has 2 fully saturated rings. The summed E-state index contributed by atoms with van der Waals surface area (Å²) in [6, 6.07) is 0. The molecule has 2 amide bonds. The number of hydrogen-bond acceptors (Lipinski definition) is 5. The molecule has 0 aromatic heterocycles. The number of likely N-dealkylation sites (tertiary alicyclic amines) is 1. The first-order valence-corrected chi connectivity index (χ1v) is 11.0. The van der Waals surface area contributed by atoms with Gasteiger partial charge >= 0.3 is 0 Å². The lowest BCUT2D eigenvalue weighted by molar-refractivity contribution is -0.143. The van der Waals surface area contributed by atoms with Crippen LogP contribution < -0.4 is 0 Å². The summed E-state index contributed by atoms with van der Waals surface area (Å²) in [6.07, 6.45) is 3.49. The summed E-state index contributed by atoms with van der Waals surface area (Å²) in [5.41, 5.74) is -0.00510. The number of amides is 2. The monoisotopic (exact) mass is 399 g/mol. The van der Waals surface area contributed by atoms with Gasteiger partial charge in [-0.2, -0.15) is 0 Å². The molecule has 0 radical (unpaired) electrons. The minimum absolute atomic E-state index is 0.00510. The Morgan fingerprint density at radius 2 is 1.59 bits per heavy atom. The molecule has 0 aliphatic carbocycles. The summed E-state index contributed by atoms with van der Waals surface area (Å²) in [7, 11) is 0. The lowest BCUT2D eigenvalue weighted by Gasteiger charge is -2.38. The van der Waals surface area contributed by atoms with Crippen LogP contribution in [-0.4, -0.2) is 84.4 Å². The van der Waals surface area contributed by atoms with Gasteiger partial charge in [0, 0.05) is 51.7 Å². The highest BCUT2D eigenvalue weighted by Crippen LogP contribution is 2.21. The van der Waals surface area contributed by atoms with Crippen LogP contribution in [0.4, 0.5) is 0 Å². The molecule has 156 valence electrons. The number of rotatable bonds is 8. The van der Waals surface area contributed by atoms with Crippen LogP contribution in [0.3, 0.4) is 0 Å². The van der Waals surface area contributed by atoms with Crippen molar-refractivity contribution in [3.63, 3.8) is 0 Å². The molecule has 2 rings (SSSR count). The summed E-state index contributed by atoms with van der Waals surface area (Å²) in [5, 5.41) is 0. The van der Waals surface area contributed by atoms with Gasteiger partial charge in [0.25, 0.3) is 0 Å². The van der Waals surface area contributed by atoms with E-state index in [2.05, 4.69) is 31.4 Å². The molecule has 1 atom stereocenters. The predicted molar refractivity (Wildman–Crippen MR) is 111 cm³/mol. The molecule has 2 aliphatic rings. The molecule has 2 saturated heterocycles. The highest BCUT2D eigenvalue weighted by Gasteiger charge is 2.31. The lowest BCUT2D eigenvalue weighted by Crippen LogP contribution is -2.53. The maximum absolute atomic E-state index is 12.8. The third-order valence-corrected chi connectivity index (χ3v) is 5.59. The van der Waals surface area contributed by atoms with Crippen molar-refractivity contribution in [3.8, 4) is 0 Å². The molecule has 0 spiro atoms. The van der Waals surface area contributed by atoms with Crippen molar-refractivity contribution in [2.75, 3.05) is 52.4 Å². The molecule has 2 heterocycles. The van der Waals surface area contributed by atoms with E-state index in [1.807, 2.05) is 16.7 Å². The molecular formula is C20H37N3O3S. The van der Waals surface area contributed by atoms with Gasteiger partial charge in [-0.3, -0.25) is 9.59 Å². The van der Waals surface area contributed by atoms with Crippen LogP contribution in [0.1, 0.15) is 46.5 Å². The fourth-order valence-electron chi connectivity index (χ4n) is 3.86. The van der Waals surface area contributed by atoms with Crippen LogP contribution in [0.15, 0.2) is 0 Å². The zero-order chi connectivity index (χ0) is 19.8. The maximum Gasteiger partial charge on any atom is 0.225 e. The summed E-state index contributed by atoms with van der Waals surface area (Å²) < 4.78 is 5.47. The van der Waals surface area contributed by atoms with E-state index >= 15 is 0 Å². The average molecular weight is 400 g/mol. The SMILES string of the molecule is CC(C)CC(=O)N1CCN(C(=O)C2CCN(CCCOC(C)S)CC2)CC1. The van der Waals surface area contributed by atoms with E-state index in [9.17, 15) is 9.59 Å². The van der Waals surface area contributed by atoms with Crippen LogP contribution in [0.5, 0.6) is 0 Å². The van der Waals surface area contributed by atoms with Crippen LogP contribution in [0.25, 0.3) is 0 Å². The summed E-state index contributed by atoms with van der Waals surface area (Å²) in [6.45, 7) is 12.5. The Bertz CT molecular complexity index is 471. The van der Waals surface area contributed by atoms with Crippen molar-refractivity contribution >= 4 is 24.4 Å². The summed E-state index contributed by atoms with van der Waals surface area (Å²) in [5.74, 6) is 1.04. The zero-order valence-electron chi connectivity index (χ0n) is 17.2. The topological polar surface area (TPSA) is 53.1 Å². The zero-order valence-corrected chi connectivity index (χ0v) is 18.1. The van der Waals surface area contributed by atoms with Gasteiger partial charge in [-0.25, -0.2) is 0 Å². The standard InChI is InChI=1S/C20H37N3O3S/c1-16(2)15-19(24)22-10-12-23(13-11-22)20(25)18-5-8-21(9-6-18)7-4-14-26-17(3)27/h16-18,27H,4-15H2,1-3H3. The Morgan fingerprint density at radius 1 is 1.00 bits per heavy atom. The average Bonchev–Trinajstić information content (AvgIpc) is 2.64.